The second-order valence-electron chi connectivity index (χ2n) is 4.91. The highest BCUT2D eigenvalue weighted by atomic mass is 32.2. The molecule has 0 aliphatic heterocycles. The van der Waals surface area contributed by atoms with Crippen molar-refractivity contribution in [2.45, 2.75) is 29.8 Å². The first-order valence-corrected chi connectivity index (χ1v) is 11.3. The van der Waals surface area contributed by atoms with Crippen LogP contribution in [0.5, 0.6) is 0 Å². The van der Waals surface area contributed by atoms with Gasteiger partial charge in [-0.15, -0.1) is 11.8 Å². The molecular weight excluding hydrogens is 388 g/mol. The van der Waals surface area contributed by atoms with Gasteiger partial charge in [0, 0.05) is 11.6 Å². The molecule has 0 spiro atoms. The Labute approximate surface area is 133 Å². The number of rotatable bonds is 5. The Morgan fingerprint density at radius 2 is 1.74 bits per heavy atom. The Bertz CT molecular complexity index is 642. The molecule has 0 fully saturated rings. The molecule has 0 saturated heterocycles. The standard InChI is InChI=1S/C10H11F6NO3S2Si/c1-23(2,20-22(18,19)10(14,15)16)6-21-8-4-3-7(5-17-8)9(11,12)13/h3-5H,6H2,1-2H3. The minimum Gasteiger partial charge on any atom is -0.308 e. The summed E-state index contributed by atoms with van der Waals surface area (Å²) in [6, 6.07) is 1.83. The fourth-order valence-corrected chi connectivity index (χ4v) is 6.90. The van der Waals surface area contributed by atoms with Crippen LogP contribution >= 0.6 is 11.8 Å². The van der Waals surface area contributed by atoms with Gasteiger partial charge in [-0.25, -0.2) is 4.98 Å². The average Bonchev–Trinajstić information content (AvgIpc) is 2.33. The largest absolute Gasteiger partial charge is 0.522 e. The van der Waals surface area contributed by atoms with E-state index in [1.165, 1.54) is 13.1 Å². The van der Waals surface area contributed by atoms with Crippen molar-refractivity contribution < 1.29 is 38.6 Å². The minimum atomic E-state index is -5.71. The number of hydrogen-bond donors (Lipinski definition) is 0. The van der Waals surface area contributed by atoms with E-state index < -0.39 is 35.7 Å². The van der Waals surface area contributed by atoms with Gasteiger partial charge in [-0.3, -0.25) is 0 Å². The molecule has 0 atom stereocenters. The Morgan fingerprint density at radius 1 is 1.17 bits per heavy atom. The minimum absolute atomic E-state index is 0.117. The molecule has 0 aromatic carbocycles. The molecule has 0 bridgehead atoms. The van der Waals surface area contributed by atoms with Crippen LogP contribution in [0.1, 0.15) is 5.56 Å². The van der Waals surface area contributed by atoms with Crippen LogP contribution in [0, 0.1) is 0 Å². The Hall–Kier alpha value is -0.793. The van der Waals surface area contributed by atoms with Gasteiger partial charge >= 0.3 is 21.8 Å². The molecule has 0 radical (unpaired) electrons. The summed E-state index contributed by atoms with van der Waals surface area (Å²) >= 11 is 0.824. The van der Waals surface area contributed by atoms with Crippen molar-refractivity contribution in [2.24, 2.45) is 0 Å². The van der Waals surface area contributed by atoms with Crippen LogP contribution in [0.2, 0.25) is 13.1 Å². The molecule has 13 heteroatoms. The van der Waals surface area contributed by atoms with Crippen LogP contribution in [0.3, 0.4) is 0 Å². The van der Waals surface area contributed by atoms with E-state index >= 15 is 0 Å². The number of hydrogen-bond acceptors (Lipinski definition) is 5. The molecule has 0 saturated carbocycles. The summed E-state index contributed by atoms with van der Waals surface area (Å²) in [6.07, 6.45) is -3.96. The highest BCUT2D eigenvalue weighted by Crippen LogP contribution is 2.31. The van der Waals surface area contributed by atoms with E-state index in [1.807, 2.05) is 0 Å². The fraction of sp³-hybridized carbons (Fsp3) is 0.500. The van der Waals surface area contributed by atoms with Gasteiger partial charge in [-0.2, -0.15) is 34.8 Å². The molecule has 132 valence electrons. The maximum Gasteiger partial charge on any atom is 0.522 e. The number of alkyl halides is 6. The van der Waals surface area contributed by atoms with Gasteiger partial charge in [-0.05, 0) is 25.2 Å². The van der Waals surface area contributed by atoms with Crippen molar-refractivity contribution in [1.82, 2.24) is 4.98 Å². The maximum atomic E-state index is 12.4. The van der Waals surface area contributed by atoms with Crippen molar-refractivity contribution in [3.05, 3.63) is 23.9 Å². The normalized spacial score (nSPS) is 14.1. The van der Waals surface area contributed by atoms with Crippen molar-refractivity contribution in [3.63, 3.8) is 0 Å². The number of pyridine rings is 1. The van der Waals surface area contributed by atoms with Gasteiger partial charge in [0.25, 0.3) is 0 Å². The highest BCUT2D eigenvalue weighted by molar-refractivity contribution is 8.01. The third kappa shape index (κ3) is 5.97. The molecule has 1 aromatic heterocycles. The van der Waals surface area contributed by atoms with Crippen molar-refractivity contribution in [1.29, 1.82) is 0 Å². The van der Waals surface area contributed by atoms with Gasteiger partial charge in [-0.1, -0.05) is 0 Å². The molecular formula is C10H11F6NO3S2Si. The predicted octanol–water partition coefficient (Wildman–Crippen LogP) is 3.80. The first-order valence-electron chi connectivity index (χ1n) is 5.82. The zero-order chi connectivity index (χ0) is 18.1. The van der Waals surface area contributed by atoms with E-state index in [0.717, 1.165) is 23.9 Å². The summed E-state index contributed by atoms with van der Waals surface area (Å²) in [5, 5.41) is -0.0210. The van der Waals surface area contributed by atoms with Gasteiger partial charge in [0.2, 0.25) is 8.32 Å². The Balaban J connectivity index is 2.74. The number of nitrogens with zero attached hydrogens (tertiary/aromatic N) is 1. The van der Waals surface area contributed by atoms with E-state index in [-0.39, 0.29) is 10.4 Å². The summed E-state index contributed by atoms with van der Waals surface area (Å²) in [5.74, 6) is 0. The van der Waals surface area contributed by atoms with Crippen LogP contribution in [0.25, 0.3) is 0 Å². The summed E-state index contributed by atoms with van der Waals surface area (Å²) in [6.45, 7) is 2.49. The molecule has 1 rings (SSSR count). The summed E-state index contributed by atoms with van der Waals surface area (Å²) in [4.78, 5) is 3.53. The van der Waals surface area contributed by atoms with E-state index in [2.05, 4.69) is 8.86 Å². The Kier molecular flexibility index (Phi) is 5.82. The fourth-order valence-electron chi connectivity index (χ4n) is 1.25. The highest BCUT2D eigenvalue weighted by Gasteiger charge is 2.50. The van der Waals surface area contributed by atoms with E-state index in [4.69, 9.17) is 0 Å². The first kappa shape index (κ1) is 20.3. The lowest BCUT2D eigenvalue weighted by Gasteiger charge is -2.22. The van der Waals surface area contributed by atoms with Crippen molar-refractivity contribution >= 4 is 30.2 Å². The SMILES string of the molecule is C[Si](C)(CSc1ccc(C(F)(F)F)cn1)OS(=O)(=O)C(F)(F)F. The molecule has 0 amide bonds. The van der Waals surface area contributed by atoms with Crippen molar-refractivity contribution in [2.75, 3.05) is 5.38 Å². The molecule has 1 heterocycles. The third-order valence-corrected chi connectivity index (χ3v) is 9.39. The quantitative estimate of drug-likeness (QED) is 0.326. The number of thioether (sulfide) groups is 1. The van der Waals surface area contributed by atoms with Crippen molar-refractivity contribution in [3.8, 4) is 0 Å². The van der Waals surface area contributed by atoms with E-state index in [9.17, 15) is 34.8 Å². The molecule has 23 heavy (non-hydrogen) atoms. The van der Waals surface area contributed by atoms with Gasteiger partial charge in [0.1, 0.15) is 0 Å². The topological polar surface area (TPSA) is 56.3 Å². The predicted molar refractivity (Wildman–Crippen MR) is 73.5 cm³/mol. The third-order valence-electron chi connectivity index (χ3n) is 2.25. The smallest absolute Gasteiger partial charge is 0.308 e. The summed E-state index contributed by atoms with van der Waals surface area (Å²) in [5.41, 5.74) is -6.48. The number of halogens is 6. The van der Waals surface area contributed by atoms with Crippen LogP contribution in [0.15, 0.2) is 23.4 Å². The summed E-state index contributed by atoms with van der Waals surface area (Å²) in [7, 11) is -9.00. The molecule has 1 aromatic rings. The van der Waals surface area contributed by atoms with Crippen LogP contribution < -0.4 is 0 Å². The molecule has 0 aliphatic rings. The molecule has 0 N–H and O–H groups in total. The Morgan fingerprint density at radius 3 is 2.13 bits per heavy atom. The first-order chi connectivity index (χ1) is 10.1. The van der Waals surface area contributed by atoms with Crippen LogP contribution in [-0.2, 0) is 20.2 Å². The van der Waals surface area contributed by atoms with Crippen LogP contribution in [0.4, 0.5) is 26.3 Å². The average molecular weight is 399 g/mol. The van der Waals surface area contributed by atoms with Gasteiger partial charge < -0.3 is 3.87 Å². The molecule has 4 nitrogen and oxygen atoms in total. The van der Waals surface area contributed by atoms with Crippen LogP contribution in [-0.4, -0.2) is 32.6 Å². The lowest BCUT2D eigenvalue weighted by atomic mass is 10.3. The zero-order valence-corrected chi connectivity index (χ0v) is 14.3. The van der Waals surface area contributed by atoms with Gasteiger partial charge in [0.05, 0.1) is 10.6 Å². The molecule has 0 unspecified atom stereocenters. The molecule has 0 aliphatic carbocycles. The lowest BCUT2D eigenvalue weighted by Crippen LogP contribution is -2.41. The second-order valence-corrected chi connectivity index (χ2v) is 12.3. The van der Waals surface area contributed by atoms with E-state index in [1.54, 1.807) is 0 Å². The van der Waals surface area contributed by atoms with E-state index in [0.29, 0.717) is 6.20 Å². The lowest BCUT2D eigenvalue weighted by molar-refractivity contribution is -0.137. The van der Waals surface area contributed by atoms with Gasteiger partial charge in [0.15, 0.2) is 0 Å². The second kappa shape index (κ2) is 6.61. The number of aromatic nitrogens is 1. The maximum absolute atomic E-state index is 12.4. The summed E-state index contributed by atoms with van der Waals surface area (Å²) < 4.78 is 100. The zero-order valence-electron chi connectivity index (χ0n) is 11.7. The monoisotopic (exact) mass is 399 g/mol.